The molecule has 1 saturated heterocycles. The summed E-state index contributed by atoms with van der Waals surface area (Å²) in [6.45, 7) is 2.21. The number of hydrogen-bond acceptors (Lipinski definition) is 2. The molecule has 0 aromatic heterocycles. The zero-order valence-corrected chi connectivity index (χ0v) is 10.3. The van der Waals surface area contributed by atoms with E-state index in [2.05, 4.69) is 23.5 Å². The van der Waals surface area contributed by atoms with Crippen molar-refractivity contribution in [3.8, 4) is 5.75 Å². The lowest BCUT2D eigenvalue weighted by atomic mass is 10.0. The average molecular weight is 240 g/mol. The molecule has 0 bridgehead atoms. The first kappa shape index (κ1) is 13.1. The summed E-state index contributed by atoms with van der Waals surface area (Å²) in [6, 6.07) is 8.21. The van der Waals surface area contributed by atoms with Gasteiger partial charge in [0.2, 0.25) is 0 Å². The number of methoxy groups -OCH3 is 1. The van der Waals surface area contributed by atoms with Gasteiger partial charge in [0, 0.05) is 0 Å². The average Bonchev–Trinajstić information content (AvgIpc) is 2.31. The minimum Gasteiger partial charge on any atom is -0.497 e. The topological polar surface area (TPSA) is 21.3 Å². The Kier molecular flexibility index (Phi) is 5.36. The first-order valence-corrected chi connectivity index (χ1v) is 5.43. The van der Waals surface area contributed by atoms with E-state index in [1.165, 1.54) is 11.1 Å². The molecule has 1 fully saturated rings. The molecule has 0 aliphatic carbocycles. The lowest BCUT2D eigenvalue weighted by Crippen LogP contribution is -2.22. The molecule has 88 valence electrons. The Morgan fingerprint density at radius 2 is 2.00 bits per heavy atom. The van der Waals surface area contributed by atoms with E-state index in [1.54, 1.807) is 7.11 Å². The third-order valence-corrected chi connectivity index (χ3v) is 2.71. The summed E-state index contributed by atoms with van der Waals surface area (Å²) in [5.41, 5.74) is 2.77. The van der Waals surface area contributed by atoms with E-state index >= 15 is 0 Å². The van der Waals surface area contributed by atoms with E-state index in [-0.39, 0.29) is 12.4 Å². The van der Waals surface area contributed by atoms with Crippen LogP contribution in [0.4, 0.5) is 0 Å². The summed E-state index contributed by atoms with van der Waals surface area (Å²) in [7, 11) is 1.71. The van der Waals surface area contributed by atoms with Crippen LogP contribution < -0.4 is 10.1 Å². The van der Waals surface area contributed by atoms with Gasteiger partial charge in [-0.2, -0.15) is 0 Å². The zero-order valence-electron chi connectivity index (χ0n) is 9.53. The number of halogens is 1. The molecule has 0 saturated carbocycles. The van der Waals surface area contributed by atoms with E-state index in [0.29, 0.717) is 0 Å². The van der Waals surface area contributed by atoms with E-state index in [9.17, 15) is 0 Å². The third-order valence-electron chi connectivity index (χ3n) is 2.71. The summed E-state index contributed by atoms with van der Waals surface area (Å²) in [4.78, 5) is 0. The Labute approximate surface area is 103 Å². The second-order valence-corrected chi connectivity index (χ2v) is 3.83. The maximum Gasteiger partial charge on any atom is 0.119 e. The smallest absolute Gasteiger partial charge is 0.119 e. The van der Waals surface area contributed by atoms with E-state index in [0.717, 1.165) is 31.7 Å². The van der Waals surface area contributed by atoms with Crippen molar-refractivity contribution in [1.82, 2.24) is 5.32 Å². The molecule has 0 radical (unpaired) electrons. The van der Waals surface area contributed by atoms with E-state index in [4.69, 9.17) is 4.74 Å². The molecule has 1 aromatic carbocycles. The number of benzene rings is 1. The minimum absolute atomic E-state index is 0. The Morgan fingerprint density at radius 1 is 1.25 bits per heavy atom. The molecular formula is C13H18ClNO. The Morgan fingerprint density at radius 3 is 2.69 bits per heavy atom. The van der Waals surface area contributed by atoms with Crippen LogP contribution in [0.3, 0.4) is 0 Å². The van der Waals surface area contributed by atoms with Crippen molar-refractivity contribution >= 4 is 18.5 Å². The van der Waals surface area contributed by atoms with Crippen molar-refractivity contribution in [2.24, 2.45) is 0 Å². The molecule has 16 heavy (non-hydrogen) atoms. The molecule has 3 heteroatoms. The van der Waals surface area contributed by atoms with Gasteiger partial charge >= 0.3 is 0 Å². The van der Waals surface area contributed by atoms with Gasteiger partial charge in [0.25, 0.3) is 0 Å². The number of nitrogens with one attached hydrogen (secondary N) is 1. The van der Waals surface area contributed by atoms with Crippen molar-refractivity contribution < 1.29 is 4.74 Å². The molecule has 1 aliphatic heterocycles. The zero-order chi connectivity index (χ0) is 10.5. The molecule has 0 spiro atoms. The van der Waals surface area contributed by atoms with Gasteiger partial charge < -0.3 is 10.1 Å². The molecule has 1 N–H and O–H groups in total. The summed E-state index contributed by atoms with van der Waals surface area (Å²) in [6.07, 6.45) is 4.61. The molecule has 0 unspecified atom stereocenters. The lowest BCUT2D eigenvalue weighted by molar-refractivity contribution is 0.414. The highest BCUT2D eigenvalue weighted by molar-refractivity contribution is 5.85. The van der Waals surface area contributed by atoms with E-state index < -0.39 is 0 Å². The summed E-state index contributed by atoms with van der Waals surface area (Å²) in [5.74, 6) is 0.929. The summed E-state index contributed by atoms with van der Waals surface area (Å²) < 4.78 is 5.20. The quantitative estimate of drug-likeness (QED) is 0.857. The number of ether oxygens (including phenoxy) is 1. The fraction of sp³-hybridized carbons (Fsp3) is 0.385. The lowest BCUT2D eigenvalue weighted by Gasteiger charge is -2.15. The standard InChI is InChI=1S/C13H17NO.ClH/c1-15-13-4-2-3-12(10-13)9-11-5-7-14-8-6-11;/h2-4,9-10,14H,5-8H2,1H3;1H. The van der Waals surface area contributed by atoms with Crippen LogP contribution in [-0.2, 0) is 0 Å². The molecular weight excluding hydrogens is 222 g/mol. The van der Waals surface area contributed by atoms with Crippen LogP contribution >= 0.6 is 12.4 Å². The van der Waals surface area contributed by atoms with E-state index in [1.807, 2.05) is 12.1 Å². The first-order chi connectivity index (χ1) is 7.38. The largest absolute Gasteiger partial charge is 0.497 e. The van der Waals surface area contributed by atoms with Crippen molar-refractivity contribution in [3.05, 3.63) is 35.4 Å². The molecule has 1 aromatic rings. The molecule has 2 nitrogen and oxygen atoms in total. The molecule has 0 amide bonds. The van der Waals surface area contributed by atoms with Crippen LogP contribution in [0.1, 0.15) is 18.4 Å². The molecule has 0 atom stereocenters. The van der Waals surface area contributed by atoms with Crippen LogP contribution in [0.5, 0.6) is 5.75 Å². The Hall–Kier alpha value is -0.990. The van der Waals surface area contributed by atoms with Crippen LogP contribution in [-0.4, -0.2) is 20.2 Å². The second-order valence-electron chi connectivity index (χ2n) is 3.83. The third kappa shape index (κ3) is 3.54. The minimum atomic E-state index is 0. The predicted octanol–water partition coefficient (Wildman–Crippen LogP) is 2.88. The fourth-order valence-corrected chi connectivity index (χ4v) is 1.86. The maximum absolute atomic E-state index is 5.20. The van der Waals surface area contributed by atoms with Crippen LogP contribution in [0.2, 0.25) is 0 Å². The molecule has 1 heterocycles. The molecule has 1 aliphatic rings. The Bertz CT molecular complexity index is 355. The summed E-state index contributed by atoms with van der Waals surface area (Å²) in [5, 5.41) is 3.36. The van der Waals surface area contributed by atoms with Gasteiger partial charge in [0.05, 0.1) is 7.11 Å². The highest BCUT2D eigenvalue weighted by atomic mass is 35.5. The SMILES string of the molecule is COc1cccc(C=C2CCNCC2)c1.Cl. The highest BCUT2D eigenvalue weighted by Crippen LogP contribution is 2.18. The van der Waals surface area contributed by atoms with Crippen LogP contribution in [0.15, 0.2) is 29.8 Å². The van der Waals surface area contributed by atoms with Crippen molar-refractivity contribution in [2.45, 2.75) is 12.8 Å². The van der Waals surface area contributed by atoms with Gasteiger partial charge in [-0.05, 0) is 43.6 Å². The first-order valence-electron chi connectivity index (χ1n) is 5.43. The number of rotatable bonds is 2. The van der Waals surface area contributed by atoms with Gasteiger partial charge in [-0.15, -0.1) is 12.4 Å². The van der Waals surface area contributed by atoms with Gasteiger partial charge in [-0.3, -0.25) is 0 Å². The van der Waals surface area contributed by atoms with Gasteiger partial charge in [-0.25, -0.2) is 0 Å². The van der Waals surface area contributed by atoms with Crippen molar-refractivity contribution in [2.75, 3.05) is 20.2 Å². The van der Waals surface area contributed by atoms with Gasteiger partial charge in [0.1, 0.15) is 5.75 Å². The van der Waals surface area contributed by atoms with Crippen molar-refractivity contribution in [3.63, 3.8) is 0 Å². The van der Waals surface area contributed by atoms with Crippen LogP contribution in [0.25, 0.3) is 6.08 Å². The van der Waals surface area contributed by atoms with Crippen LogP contribution in [0, 0.1) is 0 Å². The molecule has 2 rings (SSSR count). The predicted molar refractivity (Wildman–Crippen MR) is 70.3 cm³/mol. The monoisotopic (exact) mass is 239 g/mol. The maximum atomic E-state index is 5.20. The van der Waals surface area contributed by atoms with Crippen molar-refractivity contribution in [1.29, 1.82) is 0 Å². The number of hydrogen-bond donors (Lipinski definition) is 1. The van der Waals surface area contributed by atoms with Gasteiger partial charge in [0.15, 0.2) is 0 Å². The number of piperidine rings is 1. The van der Waals surface area contributed by atoms with Gasteiger partial charge in [-0.1, -0.05) is 23.8 Å². The fourth-order valence-electron chi connectivity index (χ4n) is 1.86. The Balaban J connectivity index is 0.00000128. The second kappa shape index (κ2) is 6.56. The summed E-state index contributed by atoms with van der Waals surface area (Å²) >= 11 is 0. The highest BCUT2D eigenvalue weighted by Gasteiger charge is 2.04. The normalized spacial score (nSPS) is 15.2.